The molecule has 2 aromatic carbocycles. The van der Waals surface area contributed by atoms with Gasteiger partial charge < -0.3 is 10.1 Å². The molecular weight excluding hydrogens is 352 g/mol. The summed E-state index contributed by atoms with van der Waals surface area (Å²) in [6.07, 6.45) is 1.82. The minimum absolute atomic E-state index is 0.0967. The smallest absolute Gasteiger partial charge is 0.267 e. The molecule has 4 nitrogen and oxygen atoms in total. The Morgan fingerprint density at radius 1 is 1.20 bits per heavy atom. The Kier molecular flexibility index (Phi) is 5.40. The molecule has 0 saturated carbocycles. The number of benzene rings is 2. The second-order valence-corrected chi connectivity index (χ2v) is 7.23. The normalized spacial score (nSPS) is 15.8. The molecule has 1 aliphatic rings. The van der Waals surface area contributed by atoms with E-state index in [1.807, 2.05) is 61.5 Å². The summed E-state index contributed by atoms with van der Waals surface area (Å²) >= 11 is 6.67. The molecular formula is C19H18N2O2S2. The van der Waals surface area contributed by atoms with E-state index < -0.39 is 0 Å². The number of methoxy groups -OCH3 is 1. The lowest BCUT2D eigenvalue weighted by Gasteiger charge is -2.16. The van der Waals surface area contributed by atoms with E-state index in [4.69, 9.17) is 17.0 Å². The number of carbonyl (C=O) groups excluding carboxylic acids is 1. The fraction of sp³-hybridized carbons (Fsp3) is 0.158. The Balaban J connectivity index is 1.73. The molecule has 0 aliphatic carbocycles. The van der Waals surface area contributed by atoms with Crippen LogP contribution < -0.4 is 10.1 Å². The predicted octanol–water partition coefficient (Wildman–Crippen LogP) is 4.27. The summed E-state index contributed by atoms with van der Waals surface area (Å²) in [6.45, 7) is 2.38. The number of thiocarbonyl (C=S) groups is 1. The van der Waals surface area contributed by atoms with Gasteiger partial charge in [0.05, 0.1) is 18.7 Å². The molecule has 1 N–H and O–H groups in total. The van der Waals surface area contributed by atoms with Crippen LogP contribution in [0, 0.1) is 6.92 Å². The quantitative estimate of drug-likeness (QED) is 0.629. The van der Waals surface area contributed by atoms with Gasteiger partial charge in [-0.15, -0.1) is 0 Å². The lowest BCUT2D eigenvalue weighted by atomic mass is 10.2. The van der Waals surface area contributed by atoms with Crippen molar-refractivity contribution in [3.63, 3.8) is 0 Å². The van der Waals surface area contributed by atoms with E-state index in [-0.39, 0.29) is 5.91 Å². The molecule has 25 heavy (non-hydrogen) atoms. The number of aryl methyl sites for hydroxylation is 1. The second kappa shape index (κ2) is 7.72. The first-order valence-electron chi connectivity index (χ1n) is 7.77. The SMILES string of the molecule is COc1ccccc1C=C1SC(=S)N(CNc2ccc(C)cc2)C1=O. The third-order valence-corrected chi connectivity index (χ3v) is 5.17. The van der Waals surface area contributed by atoms with Crippen LogP contribution in [0.5, 0.6) is 5.75 Å². The van der Waals surface area contributed by atoms with Gasteiger partial charge in [0.25, 0.3) is 5.91 Å². The second-order valence-electron chi connectivity index (χ2n) is 5.55. The third-order valence-electron chi connectivity index (χ3n) is 3.79. The minimum atomic E-state index is -0.0967. The van der Waals surface area contributed by atoms with Gasteiger partial charge in [-0.1, -0.05) is 59.9 Å². The Hall–Kier alpha value is -2.31. The number of amides is 1. The molecule has 1 heterocycles. The number of carbonyl (C=O) groups is 1. The fourth-order valence-electron chi connectivity index (χ4n) is 2.40. The zero-order valence-electron chi connectivity index (χ0n) is 14.0. The highest BCUT2D eigenvalue weighted by Gasteiger charge is 2.31. The van der Waals surface area contributed by atoms with Gasteiger partial charge in [-0.05, 0) is 31.2 Å². The van der Waals surface area contributed by atoms with Crippen LogP contribution in [0.2, 0.25) is 0 Å². The van der Waals surface area contributed by atoms with Crippen LogP contribution >= 0.6 is 24.0 Å². The number of para-hydroxylation sites is 1. The lowest BCUT2D eigenvalue weighted by molar-refractivity contribution is -0.121. The zero-order valence-corrected chi connectivity index (χ0v) is 15.6. The van der Waals surface area contributed by atoms with Crippen molar-refractivity contribution in [3.05, 3.63) is 64.6 Å². The maximum absolute atomic E-state index is 12.7. The van der Waals surface area contributed by atoms with Crippen LogP contribution in [0.25, 0.3) is 6.08 Å². The molecule has 0 radical (unpaired) electrons. The average Bonchev–Trinajstić information content (AvgIpc) is 2.88. The molecule has 0 bridgehead atoms. The standard InChI is InChI=1S/C19H18N2O2S2/c1-13-7-9-15(10-8-13)20-12-21-18(22)17(25-19(21)24)11-14-5-3-4-6-16(14)23-2/h3-11,20H,12H2,1-2H3. The van der Waals surface area contributed by atoms with Crippen molar-refractivity contribution < 1.29 is 9.53 Å². The van der Waals surface area contributed by atoms with Crippen LogP contribution in [-0.4, -0.2) is 28.9 Å². The highest BCUT2D eigenvalue weighted by Crippen LogP contribution is 2.34. The summed E-state index contributed by atoms with van der Waals surface area (Å²) in [6, 6.07) is 15.6. The van der Waals surface area contributed by atoms with Gasteiger partial charge in [0, 0.05) is 11.3 Å². The molecule has 6 heteroatoms. The van der Waals surface area contributed by atoms with Crippen molar-refractivity contribution in [2.45, 2.75) is 6.92 Å². The largest absolute Gasteiger partial charge is 0.496 e. The minimum Gasteiger partial charge on any atom is -0.496 e. The number of rotatable bonds is 5. The van der Waals surface area contributed by atoms with Crippen molar-refractivity contribution in [1.82, 2.24) is 4.90 Å². The van der Waals surface area contributed by atoms with Crippen LogP contribution in [0.4, 0.5) is 5.69 Å². The lowest BCUT2D eigenvalue weighted by Crippen LogP contribution is -2.33. The predicted molar refractivity (Wildman–Crippen MR) is 108 cm³/mol. The Morgan fingerprint density at radius 3 is 2.64 bits per heavy atom. The molecule has 1 saturated heterocycles. The summed E-state index contributed by atoms with van der Waals surface area (Å²) in [7, 11) is 1.61. The van der Waals surface area contributed by atoms with E-state index in [1.54, 1.807) is 12.0 Å². The van der Waals surface area contributed by atoms with E-state index in [1.165, 1.54) is 17.3 Å². The number of thioether (sulfide) groups is 1. The van der Waals surface area contributed by atoms with E-state index in [9.17, 15) is 4.79 Å². The molecule has 0 spiro atoms. The number of hydrogen-bond donors (Lipinski definition) is 1. The Bertz CT molecular complexity index is 832. The van der Waals surface area contributed by atoms with E-state index >= 15 is 0 Å². The van der Waals surface area contributed by atoms with Crippen LogP contribution in [-0.2, 0) is 4.79 Å². The summed E-state index contributed by atoms with van der Waals surface area (Å²) in [5.74, 6) is 0.631. The molecule has 0 atom stereocenters. The van der Waals surface area contributed by atoms with Crippen molar-refractivity contribution in [3.8, 4) is 5.75 Å². The van der Waals surface area contributed by atoms with Gasteiger partial charge >= 0.3 is 0 Å². The molecule has 1 aliphatic heterocycles. The molecule has 1 amide bonds. The maximum atomic E-state index is 12.7. The molecule has 2 aromatic rings. The van der Waals surface area contributed by atoms with Gasteiger partial charge in [0.2, 0.25) is 0 Å². The van der Waals surface area contributed by atoms with Gasteiger partial charge in [0.15, 0.2) is 0 Å². The van der Waals surface area contributed by atoms with E-state index in [2.05, 4.69) is 5.32 Å². The summed E-state index contributed by atoms with van der Waals surface area (Å²) in [4.78, 5) is 14.8. The number of hydrogen-bond acceptors (Lipinski definition) is 5. The van der Waals surface area contributed by atoms with Gasteiger partial charge in [0.1, 0.15) is 10.1 Å². The highest BCUT2D eigenvalue weighted by molar-refractivity contribution is 8.26. The first kappa shape index (κ1) is 17.5. The maximum Gasteiger partial charge on any atom is 0.267 e. The molecule has 3 rings (SSSR count). The van der Waals surface area contributed by atoms with Crippen molar-refractivity contribution in [2.75, 3.05) is 19.1 Å². The first-order valence-corrected chi connectivity index (χ1v) is 9.00. The van der Waals surface area contributed by atoms with Gasteiger partial charge in [-0.25, -0.2) is 0 Å². The van der Waals surface area contributed by atoms with E-state index in [0.29, 0.717) is 15.9 Å². The number of ether oxygens (including phenoxy) is 1. The monoisotopic (exact) mass is 370 g/mol. The van der Waals surface area contributed by atoms with Crippen LogP contribution in [0.1, 0.15) is 11.1 Å². The van der Waals surface area contributed by atoms with Crippen molar-refractivity contribution >= 4 is 46.0 Å². The summed E-state index contributed by atoms with van der Waals surface area (Å²) < 4.78 is 5.88. The average molecular weight is 370 g/mol. The van der Waals surface area contributed by atoms with Gasteiger partial charge in [-0.3, -0.25) is 9.69 Å². The molecule has 1 fully saturated rings. The molecule has 0 unspecified atom stereocenters. The summed E-state index contributed by atoms with van der Waals surface area (Å²) in [5.41, 5.74) is 3.00. The van der Waals surface area contributed by atoms with Crippen LogP contribution in [0.3, 0.4) is 0 Å². The van der Waals surface area contributed by atoms with Crippen molar-refractivity contribution in [1.29, 1.82) is 0 Å². The van der Waals surface area contributed by atoms with Crippen LogP contribution in [0.15, 0.2) is 53.4 Å². The van der Waals surface area contributed by atoms with E-state index in [0.717, 1.165) is 17.0 Å². The topological polar surface area (TPSA) is 41.6 Å². The number of nitrogens with zero attached hydrogens (tertiary/aromatic N) is 1. The summed E-state index contributed by atoms with van der Waals surface area (Å²) in [5, 5.41) is 3.23. The first-order chi connectivity index (χ1) is 12.1. The number of nitrogens with one attached hydrogen (secondary N) is 1. The highest BCUT2D eigenvalue weighted by atomic mass is 32.2. The third kappa shape index (κ3) is 4.03. The van der Waals surface area contributed by atoms with Crippen molar-refractivity contribution in [2.24, 2.45) is 0 Å². The Labute approximate surface area is 156 Å². The number of anilines is 1. The zero-order chi connectivity index (χ0) is 17.8. The van der Waals surface area contributed by atoms with Gasteiger partial charge in [-0.2, -0.15) is 0 Å². The molecule has 0 aromatic heterocycles. The Morgan fingerprint density at radius 2 is 1.92 bits per heavy atom. The fourth-order valence-corrected chi connectivity index (χ4v) is 3.65. The molecule has 128 valence electrons.